The number of anilines is 1. The van der Waals surface area contributed by atoms with Crippen molar-refractivity contribution in [1.82, 2.24) is 14.8 Å². The van der Waals surface area contributed by atoms with E-state index in [1.165, 1.54) is 0 Å². The van der Waals surface area contributed by atoms with Crippen molar-refractivity contribution in [3.8, 4) is 23.1 Å². The molecule has 0 saturated carbocycles. The number of rotatable bonds is 9. The van der Waals surface area contributed by atoms with Gasteiger partial charge in [-0.05, 0) is 62.4 Å². The maximum Gasteiger partial charge on any atom is 0.416 e. The lowest BCUT2D eigenvalue weighted by Gasteiger charge is -2.10. The van der Waals surface area contributed by atoms with Gasteiger partial charge in [0.25, 0.3) is 5.91 Å². The van der Waals surface area contributed by atoms with Crippen molar-refractivity contribution in [3.05, 3.63) is 89.5 Å². The Morgan fingerprint density at radius 2 is 1.62 bits per heavy atom. The summed E-state index contributed by atoms with van der Waals surface area (Å²) >= 11 is 0. The Hall–Kier alpha value is -4.18. The molecule has 0 spiro atoms. The van der Waals surface area contributed by atoms with Gasteiger partial charge in [0.1, 0.15) is 6.61 Å². The lowest BCUT2D eigenvalue weighted by Crippen LogP contribution is -2.13. The molecule has 10 heteroatoms. The Labute approximate surface area is 211 Å². The Kier molecular flexibility index (Phi) is 7.88. The molecular formula is C27H25F3N4O3. The van der Waals surface area contributed by atoms with Crippen molar-refractivity contribution >= 4 is 11.6 Å². The maximum atomic E-state index is 12.8. The molecule has 4 rings (SSSR count). The van der Waals surface area contributed by atoms with Gasteiger partial charge in [-0.2, -0.15) is 18.2 Å². The van der Waals surface area contributed by atoms with E-state index in [9.17, 15) is 18.0 Å². The Balaban J connectivity index is 1.53. The van der Waals surface area contributed by atoms with Crippen LogP contribution >= 0.6 is 0 Å². The van der Waals surface area contributed by atoms with Crippen LogP contribution in [0.25, 0.3) is 17.1 Å². The average molecular weight is 511 g/mol. The molecule has 7 nitrogen and oxygen atoms in total. The summed E-state index contributed by atoms with van der Waals surface area (Å²) < 4.78 is 50.9. The largest absolute Gasteiger partial charge is 0.460 e. The number of benzene rings is 3. The van der Waals surface area contributed by atoms with Gasteiger partial charge in [0.15, 0.2) is 5.82 Å². The minimum absolute atomic E-state index is 0.115. The first-order valence-electron chi connectivity index (χ1n) is 11.6. The smallest absolute Gasteiger partial charge is 0.416 e. The second-order valence-electron chi connectivity index (χ2n) is 8.12. The van der Waals surface area contributed by atoms with Crippen LogP contribution in [0.4, 0.5) is 18.9 Å². The number of aromatic nitrogens is 3. The number of carbonyl (C=O) groups excluding carboxylic acids is 1. The van der Waals surface area contributed by atoms with Crippen molar-refractivity contribution in [3.63, 3.8) is 0 Å². The summed E-state index contributed by atoms with van der Waals surface area (Å²) in [5, 5.41) is 7.18. The molecule has 1 N–H and O–H groups in total. The third kappa shape index (κ3) is 6.53. The van der Waals surface area contributed by atoms with Crippen LogP contribution in [0, 0.1) is 6.92 Å². The summed E-state index contributed by atoms with van der Waals surface area (Å²) in [4.78, 5) is 17.0. The molecule has 0 fully saturated rings. The summed E-state index contributed by atoms with van der Waals surface area (Å²) in [6, 6.07) is 18.9. The van der Waals surface area contributed by atoms with E-state index in [1.807, 2.05) is 38.1 Å². The molecule has 37 heavy (non-hydrogen) atoms. The summed E-state index contributed by atoms with van der Waals surface area (Å²) in [6.07, 6.45) is -4.46. The quantitative estimate of drug-likeness (QED) is 0.283. The van der Waals surface area contributed by atoms with Crippen molar-refractivity contribution < 1.29 is 27.4 Å². The minimum Gasteiger partial charge on any atom is -0.460 e. The van der Waals surface area contributed by atoms with Gasteiger partial charge in [-0.15, -0.1) is 5.10 Å². The van der Waals surface area contributed by atoms with Gasteiger partial charge in [-0.3, -0.25) is 4.79 Å². The number of ether oxygens (including phenoxy) is 2. The topological polar surface area (TPSA) is 78.3 Å². The molecule has 0 aliphatic heterocycles. The summed E-state index contributed by atoms with van der Waals surface area (Å²) in [6.45, 7) is 5.20. The normalized spacial score (nSPS) is 11.4. The first-order chi connectivity index (χ1) is 17.7. The van der Waals surface area contributed by atoms with E-state index < -0.39 is 17.6 Å². The molecule has 1 amide bonds. The highest BCUT2D eigenvalue weighted by molar-refractivity contribution is 6.04. The van der Waals surface area contributed by atoms with E-state index in [-0.39, 0.29) is 11.6 Å². The number of carbonyl (C=O) groups is 1. The lowest BCUT2D eigenvalue weighted by molar-refractivity contribution is -0.137. The first kappa shape index (κ1) is 25.9. The molecule has 0 bridgehead atoms. The molecule has 192 valence electrons. The number of nitrogens with one attached hydrogen (secondary N) is 1. The Morgan fingerprint density at radius 3 is 2.24 bits per heavy atom. The van der Waals surface area contributed by atoms with Gasteiger partial charge < -0.3 is 14.8 Å². The van der Waals surface area contributed by atoms with E-state index in [0.29, 0.717) is 37.0 Å². The van der Waals surface area contributed by atoms with Crippen LogP contribution in [0.2, 0.25) is 0 Å². The van der Waals surface area contributed by atoms with Gasteiger partial charge in [0.2, 0.25) is 0 Å². The van der Waals surface area contributed by atoms with Crippen LogP contribution < -0.4 is 10.1 Å². The predicted molar refractivity (Wildman–Crippen MR) is 133 cm³/mol. The second-order valence-corrected chi connectivity index (χ2v) is 8.12. The van der Waals surface area contributed by atoms with Crippen LogP contribution in [-0.2, 0) is 10.9 Å². The van der Waals surface area contributed by atoms with Gasteiger partial charge in [0, 0.05) is 23.4 Å². The first-order valence-corrected chi connectivity index (χ1v) is 11.6. The number of hydrogen-bond donors (Lipinski definition) is 1. The van der Waals surface area contributed by atoms with E-state index >= 15 is 0 Å². The molecule has 0 radical (unpaired) electrons. The number of nitrogens with zero attached hydrogens (tertiary/aromatic N) is 3. The van der Waals surface area contributed by atoms with Crippen LogP contribution in [0.5, 0.6) is 6.01 Å². The third-order valence-corrected chi connectivity index (χ3v) is 5.40. The zero-order chi connectivity index (χ0) is 26.4. The number of aryl methyl sites for hydroxylation is 1. The molecule has 0 aliphatic rings. The summed E-state index contributed by atoms with van der Waals surface area (Å²) in [7, 11) is 0. The third-order valence-electron chi connectivity index (χ3n) is 5.40. The molecule has 4 aromatic rings. The van der Waals surface area contributed by atoms with Crippen molar-refractivity contribution in [2.75, 3.05) is 25.1 Å². The van der Waals surface area contributed by atoms with E-state index in [4.69, 9.17) is 9.47 Å². The maximum absolute atomic E-state index is 12.8. The van der Waals surface area contributed by atoms with Gasteiger partial charge in [-0.25, -0.2) is 4.68 Å². The molecule has 0 saturated heterocycles. The minimum atomic E-state index is -4.46. The fraction of sp³-hybridized carbons (Fsp3) is 0.222. The van der Waals surface area contributed by atoms with Gasteiger partial charge >= 0.3 is 12.2 Å². The van der Waals surface area contributed by atoms with E-state index in [0.717, 1.165) is 35.4 Å². The predicted octanol–water partition coefficient (Wildman–Crippen LogP) is 5.93. The average Bonchev–Trinajstić information content (AvgIpc) is 3.31. The molecule has 1 heterocycles. The van der Waals surface area contributed by atoms with Crippen molar-refractivity contribution in [1.29, 1.82) is 0 Å². The fourth-order valence-corrected chi connectivity index (χ4v) is 3.46. The molecule has 3 aromatic carbocycles. The summed E-state index contributed by atoms with van der Waals surface area (Å²) in [5.74, 6) is 0.0560. The fourth-order valence-electron chi connectivity index (χ4n) is 3.46. The second kappa shape index (κ2) is 11.3. The van der Waals surface area contributed by atoms with E-state index in [2.05, 4.69) is 15.4 Å². The van der Waals surface area contributed by atoms with Crippen molar-refractivity contribution in [2.45, 2.75) is 20.0 Å². The number of alkyl halides is 3. The van der Waals surface area contributed by atoms with Crippen molar-refractivity contribution in [2.24, 2.45) is 0 Å². The highest BCUT2D eigenvalue weighted by Crippen LogP contribution is 2.29. The Bertz CT molecular complexity index is 1330. The van der Waals surface area contributed by atoms with Crippen LogP contribution in [0.1, 0.15) is 28.4 Å². The molecule has 0 atom stereocenters. The Morgan fingerprint density at radius 1 is 0.946 bits per heavy atom. The molecule has 0 aliphatic carbocycles. The number of hydrogen-bond acceptors (Lipinski definition) is 5. The highest BCUT2D eigenvalue weighted by Gasteiger charge is 2.30. The zero-order valence-electron chi connectivity index (χ0n) is 20.2. The van der Waals surface area contributed by atoms with E-state index in [1.54, 1.807) is 28.9 Å². The number of amides is 1. The van der Waals surface area contributed by atoms with Gasteiger partial charge in [-0.1, -0.05) is 29.8 Å². The SMILES string of the molecule is CCOCCOc1nc(-c2ccc(C)cc2)n(-c2ccc(NC(=O)c3ccc(C(F)(F)F)cc3)cc2)n1. The monoisotopic (exact) mass is 510 g/mol. The van der Waals surface area contributed by atoms with Crippen LogP contribution in [0.15, 0.2) is 72.8 Å². The zero-order valence-corrected chi connectivity index (χ0v) is 20.2. The molecular weight excluding hydrogens is 485 g/mol. The molecule has 0 unspecified atom stereocenters. The summed E-state index contributed by atoms with van der Waals surface area (Å²) in [5.41, 5.74) is 2.40. The van der Waals surface area contributed by atoms with Gasteiger partial charge in [0.05, 0.1) is 17.9 Å². The van der Waals surface area contributed by atoms with Crippen LogP contribution in [0.3, 0.4) is 0 Å². The standard InChI is InChI=1S/C27H25F3N4O3/c1-3-36-16-17-37-26-32-24(19-6-4-18(2)5-7-19)34(33-26)23-14-12-22(13-15-23)31-25(35)20-8-10-21(11-9-20)27(28,29)30/h4-15H,3,16-17H2,1-2H3,(H,31,35). The highest BCUT2D eigenvalue weighted by atomic mass is 19.4. The molecule has 1 aromatic heterocycles. The van der Waals surface area contributed by atoms with Crippen LogP contribution in [-0.4, -0.2) is 40.5 Å². The lowest BCUT2D eigenvalue weighted by atomic mass is 10.1. The number of halogens is 3.